The van der Waals surface area contributed by atoms with E-state index in [0.29, 0.717) is 26.1 Å². The van der Waals surface area contributed by atoms with Gasteiger partial charge in [0, 0.05) is 26.1 Å². The number of likely N-dealkylation sites (N-methyl/N-ethyl adjacent to an activating group) is 1. The van der Waals surface area contributed by atoms with Gasteiger partial charge in [-0.1, -0.05) is 12.2 Å². The van der Waals surface area contributed by atoms with Crippen molar-refractivity contribution < 1.29 is 19.4 Å². The molecule has 0 aromatic heterocycles. The summed E-state index contributed by atoms with van der Waals surface area (Å²) >= 11 is 0. The molecule has 0 saturated carbocycles. The van der Waals surface area contributed by atoms with Gasteiger partial charge in [0.25, 0.3) is 0 Å². The van der Waals surface area contributed by atoms with Crippen molar-refractivity contribution in [2.45, 2.75) is 32.4 Å². The molecule has 0 aromatic rings. The van der Waals surface area contributed by atoms with Gasteiger partial charge in [-0.25, -0.2) is 0 Å². The number of ether oxygens (including phenoxy) is 1. The molecule has 6 nitrogen and oxygen atoms in total. The van der Waals surface area contributed by atoms with Gasteiger partial charge >= 0.3 is 5.97 Å². The lowest BCUT2D eigenvalue weighted by Crippen LogP contribution is -2.45. The number of methoxy groups -OCH3 is 1. The smallest absolute Gasteiger partial charge is 0.323 e. The molecule has 1 amide bonds. The number of carbonyl (C=O) groups excluding carboxylic acids is 2. The number of β-amino-alcohol motifs (C(OH)–C–C–N with tert-alkyl or cyclic N) is 1. The molecule has 1 heterocycles. The van der Waals surface area contributed by atoms with Crippen LogP contribution in [0.3, 0.4) is 0 Å². The van der Waals surface area contributed by atoms with Crippen LogP contribution in [-0.4, -0.2) is 72.2 Å². The highest BCUT2D eigenvalue weighted by Gasteiger charge is 2.38. The number of hydrogen-bond donors (Lipinski definition) is 1. The minimum Gasteiger partial charge on any atom is -0.468 e. The fraction of sp³-hybridized carbons (Fsp3) is 0.714. The summed E-state index contributed by atoms with van der Waals surface area (Å²) in [6.45, 7) is 9.09. The van der Waals surface area contributed by atoms with Crippen molar-refractivity contribution in [2.24, 2.45) is 0 Å². The Hall–Kier alpha value is -1.40. The molecule has 0 spiro atoms. The maximum absolute atomic E-state index is 12.2. The summed E-state index contributed by atoms with van der Waals surface area (Å²) in [6, 6.07) is -0.539. The van der Waals surface area contributed by atoms with Crippen molar-refractivity contribution in [3.05, 3.63) is 12.2 Å². The van der Waals surface area contributed by atoms with Gasteiger partial charge in [0.1, 0.15) is 6.04 Å². The van der Waals surface area contributed by atoms with E-state index in [4.69, 9.17) is 4.74 Å². The van der Waals surface area contributed by atoms with E-state index < -0.39 is 18.1 Å². The van der Waals surface area contributed by atoms with E-state index in [2.05, 4.69) is 6.58 Å². The van der Waals surface area contributed by atoms with E-state index in [0.717, 1.165) is 5.57 Å². The second-order valence-electron chi connectivity index (χ2n) is 5.22. The number of esters is 1. The zero-order valence-corrected chi connectivity index (χ0v) is 12.5. The zero-order valence-electron chi connectivity index (χ0n) is 12.5. The quantitative estimate of drug-likeness (QED) is 0.550. The van der Waals surface area contributed by atoms with E-state index in [1.807, 2.05) is 13.8 Å². The predicted molar refractivity (Wildman–Crippen MR) is 75.1 cm³/mol. The van der Waals surface area contributed by atoms with Crippen LogP contribution in [0, 0.1) is 0 Å². The Morgan fingerprint density at radius 2 is 2.15 bits per heavy atom. The molecule has 1 rings (SSSR count). The molecule has 0 radical (unpaired) electrons. The molecule has 2 unspecified atom stereocenters. The van der Waals surface area contributed by atoms with Crippen molar-refractivity contribution in [1.29, 1.82) is 0 Å². The third-order valence-corrected chi connectivity index (χ3v) is 3.39. The van der Waals surface area contributed by atoms with Crippen LogP contribution in [0.2, 0.25) is 0 Å². The number of rotatable bonds is 6. The third kappa shape index (κ3) is 4.31. The zero-order chi connectivity index (χ0) is 15.3. The largest absolute Gasteiger partial charge is 0.468 e. The summed E-state index contributed by atoms with van der Waals surface area (Å²) in [7, 11) is 1.31. The lowest BCUT2D eigenvalue weighted by molar-refractivity contribution is -0.146. The number of nitrogens with zero attached hydrogens (tertiary/aromatic N) is 2. The summed E-state index contributed by atoms with van der Waals surface area (Å²) in [6.07, 6.45) is -0.282. The first-order valence-corrected chi connectivity index (χ1v) is 6.81. The van der Waals surface area contributed by atoms with Crippen LogP contribution in [0.15, 0.2) is 12.2 Å². The summed E-state index contributed by atoms with van der Waals surface area (Å²) < 4.78 is 4.71. The topological polar surface area (TPSA) is 70.1 Å². The van der Waals surface area contributed by atoms with Crippen LogP contribution in [0.5, 0.6) is 0 Å². The maximum atomic E-state index is 12.2. The van der Waals surface area contributed by atoms with Gasteiger partial charge in [-0.05, 0) is 13.8 Å². The molecule has 2 atom stereocenters. The molecular weight excluding hydrogens is 260 g/mol. The predicted octanol–water partition coefficient (Wildman–Crippen LogP) is 0.0192. The number of likely N-dealkylation sites (tertiary alicyclic amines) is 1. The Kier molecular flexibility index (Phi) is 6.16. The summed E-state index contributed by atoms with van der Waals surface area (Å²) in [4.78, 5) is 27.3. The van der Waals surface area contributed by atoms with Crippen LogP contribution in [0.25, 0.3) is 0 Å². The highest BCUT2D eigenvalue weighted by atomic mass is 16.5. The average Bonchev–Trinajstić information content (AvgIpc) is 2.75. The Morgan fingerprint density at radius 3 is 2.65 bits per heavy atom. The van der Waals surface area contributed by atoms with Crippen molar-refractivity contribution in [2.75, 3.05) is 33.3 Å². The van der Waals surface area contributed by atoms with E-state index >= 15 is 0 Å². The SMILES string of the molecule is C=C(C)CN(CC)C(=O)CN1CC(O)CC1C(=O)OC. The molecule has 0 bridgehead atoms. The van der Waals surface area contributed by atoms with Crippen LogP contribution >= 0.6 is 0 Å². The highest BCUT2D eigenvalue weighted by Crippen LogP contribution is 2.19. The highest BCUT2D eigenvalue weighted by molar-refractivity contribution is 5.81. The molecule has 0 aliphatic carbocycles. The fourth-order valence-corrected chi connectivity index (χ4v) is 2.41. The molecule has 1 aliphatic heterocycles. The van der Waals surface area contributed by atoms with Crippen LogP contribution in [0.4, 0.5) is 0 Å². The minimum absolute atomic E-state index is 0.0708. The van der Waals surface area contributed by atoms with E-state index in [1.54, 1.807) is 9.80 Å². The van der Waals surface area contributed by atoms with Gasteiger partial charge in [-0.2, -0.15) is 0 Å². The second-order valence-corrected chi connectivity index (χ2v) is 5.22. The van der Waals surface area contributed by atoms with Gasteiger partial charge < -0.3 is 14.7 Å². The number of hydrogen-bond acceptors (Lipinski definition) is 5. The third-order valence-electron chi connectivity index (χ3n) is 3.39. The molecule has 6 heteroatoms. The lowest BCUT2D eigenvalue weighted by Gasteiger charge is -2.26. The summed E-state index contributed by atoms with van der Waals surface area (Å²) in [5.74, 6) is -0.476. The number of aliphatic hydroxyl groups excluding tert-OH is 1. The molecule has 0 aromatic carbocycles. The van der Waals surface area contributed by atoms with Gasteiger partial charge in [-0.3, -0.25) is 14.5 Å². The maximum Gasteiger partial charge on any atom is 0.323 e. The molecule has 1 saturated heterocycles. The minimum atomic E-state index is -0.594. The Labute approximate surface area is 120 Å². The van der Waals surface area contributed by atoms with E-state index in [9.17, 15) is 14.7 Å². The normalized spacial score (nSPS) is 22.6. The molecule has 1 fully saturated rings. The van der Waals surface area contributed by atoms with Crippen LogP contribution < -0.4 is 0 Å². The van der Waals surface area contributed by atoms with Crippen molar-refractivity contribution in [3.8, 4) is 0 Å². The molecule has 1 N–H and O–H groups in total. The first-order chi connectivity index (χ1) is 9.38. The Bertz CT molecular complexity index is 383. The van der Waals surface area contributed by atoms with Crippen molar-refractivity contribution in [3.63, 3.8) is 0 Å². The van der Waals surface area contributed by atoms with Gasteiger partial charge in [-0.15, -0.1) is 0 Å². The number of carbonyl (C=O) groups is 2. The first kappa shape index (κ1) is 16.7. The van der Waals surface area contributed by atoms with Crippen LogP contribution in [-0.2, 0) is 14.3 Å². The van der Waals surface area contributed by atoms with Gasteiger partial charge in [0.2, 0.25) is 5.91 Å². The van der Waals surface area contributed by atoms with E-state index in [-0.39, 0.29) is 12.5 Å². The van der Waals surface area contributed by atoms with Gasteiger partial charge in [0.05, 0.1) is 19.8 Å². The number of amides is 1. The van der Waals surface area contributed by atoms with Gasteiger partial charge in [0.15, 0.2) is 0 Å². The Morgan fingerprint density at radius 1 is 1.50 bits per heavy atom. The first-order valence-electron chi connectivity index (χ1n) is 6.81. The lowest BCUT2D eigenvalue weighted by atomic mass is 10.2. The number of aliphatic hydroxyl groups is 1. The molecule has 20 heavy (non-hydrogen) atoms. The average molecular weight is 284 g/mol. The standard InChI is InChI=1S/C14H24N2O4/c1-5-15(7-10(2)3)13(18)9-16-8-11(17)6-12(16)14(19)20-4/h11-12,17H,2,5-9H2,1,3-4H3. The summed E-state index contributed by atoms with van der Waals surface area (Å²) in [5.41, 5.74) is 0.908. The van der Waals surface area contributed by atoms with E-state index in [1.165, 1.54) is 7.11 Å². The molecule has 114 valence electrons. The van der Waals surface area contributed by atoms with Crippen LogP contribution in [0.1, 0.15) is 20.3 Å². The Balaban J connectivity index is 2.67. The monoisotopic (exact) mass is 284 g/mol. The fourth-order valence-electron chi connectivity index (χ4n) is 2.41. The van der Waals surface area contributed by atoms with Crippen molar-refractivity contribution in [1.82, 2.24) is 9.80 Å². The second kappa shape index (κ2) is 7.40. The summed E-state index contributed by atoms with van der Waals surface area (Å²) in [5, 5.41) is 9.68. The molecule has 1 aliphatic rings. The van der Waals surface area contributed by atoms with Crippen molar-refractivity contribution >= 4 is 11.9 Å². The molecular formula is C14H24N2O4.